The van der Waals surface area contributed by atoms with E-state index in [-0.39, 0.29) is 24.0 Å². The largest absolute Gasteiger partial charge is 0.507 e. The maximum Gasteiger partial charge on any atom is 0.296 e. The molecule has 8 heteroatoms. The van der Waals surface area contributed by atoms with Gasteiger partial charge in [0, 0.05) is 12.0 Å². The van der Waals surface area contributed by atoms with Gasteiger partial charge >= 0.3 is 0 Å². The van der Waals surface area contributed by atoms with E-state index >= 15 is 0 Å². The van der Waals surface area contributed by atoms with Crippen LogP contribution in [0.4, 0.5) is 0 Å². The number of hydrogen-bond donors (Lipinski definition) is 1. The highest BCUT2D eigenvalue weighted by Crippen LogP contribution is 2.43. The predicted octanol–water partition coefficient (Wildman–Crippen LogP) is 5.41. The van der Waals surface area contributed by atoms with Gasteiger partial charge in [0.1, 0.15) is 23.4 Å². The van der Waals surface area contributed by atoms with Gasteiger partial charge in [-0.25, -0.2) is 0 Å². The van der Waals surface area contributed by atoms with Crippen LogP contribution in [-0.4, -0.2) is 41.0 Å². The maximum atomic E-state index is 13.4. The van der Waals surface area contributed by atoms with Gasteiger partial charge in [-0.05, 0) is 73.9 Å². The minimum Gasteiger partial charge on any atom is -0.507 e. The summed E-state index contributed by atoms with van der Waals surface area (Å²) in [5.41, 5.74) is 2.02. The van der Waals surface area contributed by atoms with Gasteiger partial charge in [0.25, 0.3) is 11.7 Å². The predicted molar refractivity (Wildman–Crippen MR) is 140 cm³/mol. The first-order valence-electron chi connectivity index (χ1n) is 12.9. The van der Waals surface area contributed by atoms with E-state index in [1.165, 1.54) is 11.2 Å². The van der Waals surface area contributed by atoms with Crippen LogP contribution in [0.5, 0.6) is 17.2 Å². The molecular weight excluding hydrogens is 486 g/mol. The van der Waals surface area contributed by atoms with Gasteiger partial charge in [-0.1, -0.05) is 13.0 Å². The number of likely N-dealkylation sites (tertiary alicyclic amines) is 1. The van der Waals surface area contributed by atoms with E-state index in [4.69, 9.17) is 18.6 Å². The van der Waals surface area contributed by atoms with Crippen LogP contribution in [0.3, 0.4) is 0 Å². The molecule has 8 nitrogen and oxygen atoms in total. The first-order valence-corrected chi connectivity index (χ1v) is 12.9. The van der Waals surface area contributed by atoms with Gasteiger partial charge < -0.3 is 28.6 Å². The van der Waals surface area contributed by atoms with E-state index in [0.29, 0.717) is 48.0 Å². The molecule has 198 valence electrons. The fraction of sp³-hybridized carbons (Fsp3) is 0.333. The molecule has 3 heterocycles. The van der Waals surface area contributed by atoms with Crippen molar-refractivity contribution in [3.63, 3.8) is 0 Å². The molecule has 2 aliphatic rings. The van der Waals surface area contributed by atoms with Crippen LogP contribution < -0.4 is 14.2 Å². The normalized spacial score (nSPS) is 19.9. The zero-order valence-corrected chi connectivity index (χ0v) is 21.7. The van der Waals surface area contributed by atoms with Gasteiger partial charge in [-0.3, -0.25) is 9.59 Å². The number of aliphatic hydroxyl groups excluding tert-OH is 1. The van der Waals surface area contributed by atoms with E-state index in [2.05, 4.69) is 0 Å². The molecule has 1 aromatic heterocycles. The van der Waals surface area contributed by atoms with Crippen LogP contribution in [0, 0.1) is 0 Å². The van der Waals surface area contributed by atoms with Gasteiger partial charge in [0.15, 0.2) is 11.5 Å². The number of hydrogen-bond acceptors (Lipinski definition) is 7. The molecule has 0 bridgehead atoms. The number of carbonyl (C=O) groups excluding carboxylic acids is 2. The number of Topliss-reactive ketones (excluding diaryl/α,β-unsaturated/α-hetero) is 1. The zero-order chi connectivity index (χ0) is 26.8. The number of ketones is 1. The van der Waals surface area contributed by atoms with E-state index in [1.807, 2.05) is 26.8 Å². The summed E-state index contributed by atoms with van der Waals surface area (Å²) in [5.74, 6) is 0.658. The second-order valence-corrected chi connectivity index (χ2v) is 9.45. The van der Waals surface area contributed by atoms with Crippen LogP contribution >= 0.6 is 0 Å². The van der Waals surface area contributed by atoms with Crippen LogP contribution in [0.2, 0.25) is 0 Å². The number of rotatable bonds is 9. The standard InChI is InChI=1S/C30H31NO7/c1-4-12-37-24-11-8-19(16-25(24)35-5-2)27-26(29(33)30(34)31(27)17-22-7-6-13-36-22)28(32)20-9-10-23-21(15-20)14-18(3)38-23/h6-11,13,15-16,18,27,32H,4-5,12,14,17H2,1-3H3/t18-,27-/m0/s1. The van der Waals surface area contributed by atoms with Crippen molar-refractivity contribution < 1.29 is 33.3 Å². The summed E-state index contributed by atoms with van der Waals surface area (Å²) in [5, 5.41) is 11.5. The van der Waals surface area contributed by atoms with E-state index in [0.717, 1.165) is 17.7 Å². The Labute approximate surface area is 221 Å². The van der Waals surface area contributed by atoms with Crippen molar-refractivity contribution >= 4 is 17.4 Å². The molecule has 1 fully saturated rings. The second kappa shape index (κ2) is 10.7. The highest BCUT2D eigenvalue weighted by Gasteiger charge is 2.46. The number of ether oxygens (including phenoxy) is 3. The number of aliphatic hydroxyl groups is 1. The fourth-order valence-electron chi connectivity index (χ4n) is 4.98. The smallest absolute Gasteiger partial charge is 0.296 e. The monoisotopic (exact) mass is 517 g/mol. The quantitative estimate of drug-likeness (QED) is 0.230. The number of carbonyl (C=O) groups is 2. The topological polar surface area (TPSA) is 98.4 Å². The average Bonchev–Trinajstić information content (AvgIpc) is 3.62. The molecule has 0 aliphatic carbocycles. The Bertz CT molecular complexity index is 1380. The summed E-state index contributed by atoms with van der Waals surface area (Å²) >= 11 is 0. The maximum absolute atomic E-state index is 13.4. The Kier molecular flexibility index (Phi) is 7.13. The molecule has 2 aliphatic heterocycles. The van der Waals surface area contributed by atoms with E-state index in [9.17, 15) is 14.7 Å². The van der Waals surface area contributed by atoms with Crippen molar-refractivity contribution in [1.29, 1.82) is 0 Å². The van der Waals surface area contributed by atoms with Gasteiger partial charge in [0.05, 0.1) is 37.6 Å². The van der Waals surface area contributed by atoms with Crippen molar-refractivity contribution in [2.24, 2.45) is 0 Å². The molecule has 3 aromatic rings. The summed E-state index contributed by atoms with van der Waals surface area (Å²) in [4.78, 5) is 28.2. The van der Waals surface area contributed by atoms with E-state index in [1.54, 1.807) is 42.5 Å². The molecule has 1 amide bonds. The van der Waals surface area contributed by atoms with Crippen molar-refractivity contribution in [3.05, 3.63) is 82.8 Å². The highest BCUT2D eigenvalue weighted by molar-refractivity contribution is 6.46. The van der Waals surface area contributed by atoms with Crippen molar-refractivity contribution in [2.45, 2.75) is 52.3 Å². The van der Waals surface area contributed by atoms with Crippen molar-refractivity contribution in [2.75, 3.05) is 13.2 Å². The van der Waals surface area contributed by atoms with Crippen molar-refractivity contribution in [1.82, 2.24) is 4.90 Å². The Morgan fingerprint density at radius 1 is 1.08 bits per heavy atom. The third-order valence-corrected chi connectivity index (χ3v) is 6.66. The molecule has 0 spiro atoms. The van der Waals surface area contributed by atoms with Crippen LogP contribution in [-0.2, 0) is 22.6 Å². The lowest BCUT2D eigenvalue weighted by Crippen LogP contribution is -2.29. The van der Waals surface area contributed by atoms with Crippen LogP contribution in [0.1, 0.15) is 55.7 Å². The summed E-state index contributed by atoms with van der Waals surface area (Å²) in [7, 11) is 0. The number of amides is 1. The molecule has 0 radical (unpaired) electrons. The summed E-state index contributed by atoms with van der Waals surface area (Å²) in [6.45, 7) is 6.86. The molecule has 5 rings (SSSR count). The highest BCUT2D eigenvalue weighted by atomic mass is 16.5. The Balaban J connectivity index is 1.63. The molecule has 2 aromatic carbocycles. The zero-order valence-electron chi connectivity index (χ0n) is 21.7. The fourth-order valence-corrected chi connectivity index (χ4v) is 4.98. The molecule has 1 saturated heterocycles. The number of furan rings is 1. The molecular formula is C30H31NO7. The number of fused-ring (bicyclic) bond motifs is 1. The molecule has 0 saturated carbocycles. The molecule has 0 unspecified atom stereocenters. The molecule has 38 heavy (non-hydrogen) atoms. The van der Waals surface area contributed by atoms with Crippen LogP contribution in [0.15, 0.2) is 64.8 Å². The average molecular weight is 518 g/mol. The third kappa shape index (κ3) is 4.74. The Morgan fingerprint density at radius 3 is 2.66 bits per heavy atom. The second-order valence-electron chi connectivity index (χ2n) is 9.45. The van der Waals surface area contributed by atoms with Crippen LogP contribution in [0.25, 0.3) is 5.76 Å². The summed E-state index contributed by atoms with van der Waals surface area (Å²) in [6, 6.07) is 13.3. The minimum atomic E-state index is -0.858. The van der Waals surface area contributed by atoms with Crippen molar-refractivity contribution in [3.8, 4) is 17.2 Å². The Morgan fingerprint density at radius 2 is 1.92 bits per heavy atom. The molecule has 2 atom stereocenters. The first kappa shape index (κ1) is 25.4. The lowest BCUT2D eigenvalue weighted by molar-refractivity contribution is -0.140. The Hall–Kier alpha value is -4.20. The lowest BCUT2D eigenvalue weighted by Gasteiger charge is -2.25. The minimum absolute atomic E-state index is 0.0122. The number of benzene rings is 2. The van der Waals surface area contributed by atoms with Gasteiger partial charge in [-0.2, -0.15) is 0 Å². The van der Waals surface area contributed by atoms with Gasteiger partial charge in [0.2, 0.25) is 0 Å². The summed E-state index contributed by atoms with van der Waals surface area (Å²) in [6.07, 6.45) is 3.08. The first-order chi connectivity index (χ1) is 18.4. The van der Waals surface area contributed by atoms with Gasteiger partial charge in [-0.15, -0.1) is 0 Å². The lowest BCUT2D eigenvalue weighted by atomic mass is 9.94. The third-order valence-electron chi connectivity index (χ3n) is 6.66. The molecule has 1 N–H and O–H groups in total. The van der Waals surface area contributed by atoms with E-state index < -0.39 is 17.7 Å². The SMILES string of the molecule is CCCOc1ccc([C@H]2C(=C(O)c3ccc4c(c3)C[C@H](C)O4)C(=O)C(=O)N2Cc2ccco2)cc1OCC. The summed E-state index contributed by atoms with van der Waals surface area (Å²) < 4.78 is 23.0. The number of nitrogens with zero attached hydrogens (tertiary/aromatic N) is 1.